The van der Waals surface area contributed by atoms with Crippen LogP contribution in [0.4, 0.5) is 21.5 Å². The Morgan fingerprint density at radius 2 is 1.74 bits per heavy atom. The number of rotatable bonds is 8. The Kier molecular flexibility index (Phi) is 7.87. The van der Waals surface area contributed by atoms with Gasteiger partial charge in [0.05, 0.1) is 37.0 Å². The van der Waals surface area contributed by atoms with Gasteiger partial charge in [-0.3, -0.25) is 14.4 Å². The molecule has 2 N–H and O–H groups in total. The molecule has 0 aliphatic carbocycles. The standard InChI is InChI=1S/C29H29FN4O4/c1-33(2)17-25(35)34(3)22-11-9-21(10-12-22)31-28(19-7-5-6-18(14-19)15-26(36)38-4)27-23-13-8-20(30)16-24(23)32-29(27)37/h5-14,16,31H,15,17H2,1-4H3,(H,32,37). The second-order valence-corrected chi connectivity index (χ2v) is 9.21. The summed E-state index contributed by atoms with van der Waals surface area (Å²) in [5.41, 5.74) is 4.54. The molecule has 0 spiro atoms. The summed E-state index contributed by atoms with van der Waals surface area (Å²) in [6, 6.07) is 18.6. The SMILES string of the molecule is COC(=O)Cc1cccc(C(Nc2ccc(N(C)C(=O)CN(C)C)cc2)=C2C(=O)Nc3cc(F)ccc32)c1. The summed E-state index contributed by atoms with van der Waals surface area (Å²) in [7, 11) is 6.71. The van der Waals surface area contributed by atoms with E-state index in [0.29, 0.717) is 39.3 Å². The molecule has 8 nitrogen and oxygen atoms in total. The van der Waals surface area contributed by atoms with Crippen molar-refractivity contribution in [2.24, 2.45) is 0 Å². The Labute approximate surface area is 220 Å². The molecule has 2 amide bonds. The molecule has 0 aromatic heterocycles. The Hall–Kier alpha value is -4.50. The fourth-order valence-corrected chi connectivity index (χ4v) is 4.18. The van der Waals surface area contributed by atoms with E-state index in [-0.39, 0.29) is 30.7 Å². The van der Waals surface area contributed by atoms with Gasteiger partial charge in [0.25, 0.3) is 5.91 Å². The zero-order valence-electron chi connectivity index (χ0n) is 21.7. The lowest BCUT2D eigenvalue weighted by atomic mass is 9.98. The molecule has 0 fully saturated rings. The first-order valence-electron chi connectivity index (χ1n) is 12.0. The third-order valence-electron chi connectivity index (χ3n) is 6.12. The Morgan fingerprint density at radius 1 is 1.00 bits per heavy atom. The fraction of sp³-hybridized carbons (Fsp3) is 0.207. The van der Waals surface area contributed by atoms with E-state index in [9.17, 15) is 18.8 Å². The number of methoxy groups -OCH3 is 1. The lowest BCUT2D eigenvalue weighted by Crippen LogP contribution is -2.34. The van der Waals surface area contributed by atoms with Crippen molar-refractivity contribution >= 4 is 46.1 Å². The third kappa shape index (κ3) is 5.90. The van der Waals surface area contributed by atoms with E-state index in [1.165, 1.54) is 19.2 Å². The number of benzene rings is 3. The van der Waals surface area contributed by atoms with E-state index in [2.05, 4.69) is 10.6 Å². The highest BCUT2D eigenvalue weighted by Crippen LogP contribution is 2.38. The number of hydrogen-bond donors (Lipinski definition) is 2. The number of amides is 2. The summed E-state index contributed by atoms with van der Waals surface area (Å²) in [4.78, 5) is 40.8. The van der Waals surface area contributed by atoms with Crippen molar-refractivity contribution in [3.63, 3.8) is 0 Å². The first-order valence-corrected chi connectivity index (χ1v) is 12.0. The number of likely N-dealkylation sites (N-methyl/N-ethyl adjacent to an activating group) is 2. The molecule has 0 bridgehead atoms. The van der Waals surface area contributed by atoms with Crippen molar-refractivity contribution in [1.82, 2.24) is 4.90 Å². The number of anilines is 3. The molecule has 0 radical (unpaired) electrons. The highest BCUT2D eigenvalue weighted by Gasteiger charge is 2.29. The fourth-order valence-electron chi connectivity index (χ4n) is 4.18. The minimum Gasteiger partial charge on any atom is -0.469 e. The summed E-state index contributed by atoms with van der Waals surface area (Å²) in [6.45, 7) is 0.282. The molecule has 1 heterocycles. The number of fused-ring (bicyclic) bond motifs is 1. The van der Waals surface area contributed by atoms with Crippen LogP contribution in [0.1, 0.15) is 16.7 Å². The zero-order chi connectivity index (χ0) is 27.4. The van der Waals surface area contributed by atoms with Gasteiger partial charge in [0, 0.05) is 24.0 Å². The van der Waals surface area contributed by atoms with Gasteiger partial charge in [-0.25, -0.2) is 4.39 Å². The van der Waals surface area contributed by atoms with E-state index in [0.717, 1.165) is 5.69 Å². The summed E-state index contributed by atoms with van der Waals surface area (Å²) in [6.07, 6.45) is 0.0724. The van der Waals surface area contributed by atoms with Crippen molar-refractivity contribution in [3.8, 4) is 0 Å². The Balaban J connectivity index is 1.74. The number of ether oxygens (including phenoxy) is 1. The van der Waals surface area contributed by atoms with Crippen LogP contribution in [0.25, 0.3) is 11.3 Å². The molecule has 4 rings (SSSR count). The normalized spacial score (nSPS) is 13.6. The average Bonchev–Trinajstić information content (AvgIpc) is 3.21. The van der Waals surface area contributed by atoms with Crippen LogP contribution in [-0.4, -0.2) is 57.5 Å². The molecular formula is C29H29FN4O4. The van der Waals surface area contributed by atoms with E-state index in [1.807, 2.05) is 50.5 Å². The van der Waals surface area contributed by atoms with Gasteiger partial charge in [-0.05, 0) is 73.8 Å². The molecule has 0 unspecified atom stereocenters. The predicted octanol–water partition coefficient (Wildman–Crippen LogP) is 4.00. The summed E-state index contributed by atoms with van der Waals surface area (Å²) < 4.78 is 18.7. The molecule has 196 valence electrons. The van der Waals surface area contributed by atoms with Gasteiger partial charge in [0.1, 0.15) is 5.82 Å². The van der Waals surface area contributed by atoms with Crippen molar-refractivity contribution < 1.29 is 23.5 Å². The first kappa shape index (κ1) is 26.6. The first-order chi connectivity index (χ1) is 18.2. The quantitative estimate of drug-likeness (QED) is 0.348. The maximum absolute atomic E-state index is 13.9. The lowest BCUT2D eigenvalue weighted by Gasteiger charge is -2.20. The van der Waals surface area contributed by atoms with Crippen LogP contribution in [0.2, 0.25) is 0 Å². The highest BCUT2D eigenvalue weighted by molar-refractivity contribution is 6.37. The average molecular weight is 517 g/mol. The molecule has 1 aliphatic rings. The van der Waals surface area contributed by atoms with Gasteiger partial charge < -0.3 is 25.2 Å². The zero-order valence-corrected chi connectivity index (χ0v) is 21.7. The topological polar surface area (TPSA) is 91.0 Å². The van der Waals surface area contributed by atoms with Crippen LogP contribution in [0, 0.1) is 5.82 Å². The largest absolute Gasteiger partial charge is 0.469 e. The van der Waals surface area contributed by atoms with E-state index < -0.39 is 5.82 Å². The van der Waals surface area contributed by atoms with Gasteiger partial charge >= 0.3 is 5.97 Å². The van der Waals surface area contributed by atoms with E-state index in [1.54, 1.807) is 35.0 Å². The lowest BCUT2D eigenvalue weighted by molar-refractivity contribution is -0.139. The minimum atomic E-state index is -0.455. The number of carbonyl (C=O) groups excluding carboxylic acids is 3. The third-order valence-corrected chi connectivity index (χ3v) is 6.12. The van der Waals surface area contributed by atoms with Gasteiger partial charge in [0.15, 0.2) is 0 Å². The minimum absolute atomic E-state index is 0.0487. The van der Waals surface area contributed by atoms with Crippen LogP contribution >= 0.6 is 0 Å². The van der Waals surface area contributed by atoms with E-state index >= 15 is 0 Å². The molecule has 38 heavy (non-hydrogen) atoms. The highest BCUT2D eigenvalue weighted by atomic mass is 19.1. The van der Waals surface area contributed by atoms with Crippen LogP contribution in [0.3, 0.4) is 0 Å². The van der Waals surface area contributed by atoms with Gasteiger partial charge in [-0.1, -0.05) is 18.2 Å². The molecular weight excluding hydrogens is 487 g/mol. The summed E-state index contributed by atoms with van der Waals surface area (Å²) in [5, 5.41) is 6.08. The van der Waals surface area contributed by atoms with Crippen LogP contribution in [0.5, 0.6) is 0 Å². The van der Waals surface area contributed by atoms with Crippen LogP contribution in [-0.2, 0) is 25.5 Å². The molecule has 3 aromatic rings. The van der Waals surface area contributed by atoms with Gasteiger partial charge in [-0.15, -0.1) is 0 Å². The maximum Gasteiger partial charge on any atom is 0.309 e. The van der Waals surface area contributed by atoms with Crippen molar-refractivity contribution in [3.05, 3.63) is 89.2 Å². The number of nitrogens with one attached hydrogen (secondary N) is 2. The molecule has 9 heteroatoms. The smallest absolute Gasteiger partial charge is 0.309 e. The number of halogens is 1. The Bertz CT molecular complexity index is 1420. The van der Waals surface area contributed by atoms with E-state index in [4.69, 9.17) is 4.74 Å². The van der Waals surface area contributed by atoms with Gasteiger partial charge in [0.2, 0.25) is 5.91 Å². The van der Waals surface area contributed by atoms with Gasteiger partial charge in [-0.2, -0.15) is 0 Å². The summed E-state index contributed by atoms with van der Waals surface area (Å²) >= 11 is 0. The summed E-state index contributed by atoms with van der Waals surface area (Å²) in [5.74, 6) is -1.26. The molecule has 0 saturated carbocycles. The second-order valence-electron chi connectivity index (χ2n) is 9.21. The molecule has 0 saturated heterocycles. The Morgan fingerprint density at radius 3 is 2.42 bits per heavy atom. The van der Waals surface area contributed by atoms with Crippen molar-refractivity contribution in [1.29, 1.82) is 0 Å². The van der Waals surface area contributed by atoms with Crippen LogP contribution < -0.4 is 15.5 Å². The van der Waals surface area contributed by atoms with Crippen molar-refractivity contribution in [2.45, 2.75) is 6.42 Å². The number of nitrogens with zero attached hydrogens (tertiary/aromatic N) is 2. The second kappa shape index (κ2) is 11.3. The molecule has 0 atom stereocenters. The monoisotopic (exact) mass is 516 g/mol. The maximum atomic E-state index is 13.9. The molecule has 3 aromatic carbocycles. The number of hydrogen-bond acceptors (Lipinski definition) is 6. The van der Waals surface area contributed by atoms with Crippen molar-refractivity contribution in [2.75, 3.05) is 50.3 Å². The van der Waals surface area contributed by atoms with Crippen LogP contribution in [0.15, 0.2) is 66.7 Å². The number of esters is 1. The number of carbonyl (C=O) groups is 3. The molecule has 1 aliphatic heterocycles. The predicted molar refractivity (Wildman–Crippen MR) is 146 cm³/mol.